The first-order valence-corrected chi connectivity index (χ1v) is 8.24. The Morgan fingerprint density at radius 2 is 1.54 bits per heavy atom. The van der Waals surface area contributed by atoms with Gasteiger partial charge in [0.05, 0.1) is 4.32 Å². The van der Waals surface area contributed by atoms with Crippen molar-refractivity contribution in [2.75, 3.05) is 0 Å². The molecule has 0 heterocycles. The van der Waals surface area contributed by atoms with Crippen LogP contribution in [0.5, 0.6) is 0 Å². The zero-order valence-electron chi connectivity index (χ0n) is 13.3. The van der Waals surface area contributed by atoms with Crippen molar-refractivity contribution in [2.24, 2.45) is 0 Å². The molecule has 26 heavy (non-hydrogen) atoms. The predicted molar refractivity (Wildman–Crippen MR) is 84.0 cm³/mol. The van der Waals surface area contributed by atoms with Crippen molar-refractivity contribution < 1.29 is 35.1 Å². The molecule has 9 heteroatoms. The average Bonchev–Trinajstić information content (AvgIpc) is 2.51. The number of alkyl halides is 8. The summed E-state index contributed by atoms with van der Waals surface area (Å²) in [5, 5.41) is 0. The first-order valence-electron chi connectivity index (χ1n) is 7.45. The Balaban J connectivity index is 2.74. The molecule has 144 valence electrons. The Labute approximate surface area is 152 Å². The molecule has 0 radical (unpaired) electrons. The lowest BCUT2D eigenvalue weighted by molar-refractivity contribution is -0.325. The van der Waals surface area contributed by atoms with E-state index >= 15 is 0 Å². The lowest BCUT2D eigenvalue weighted by atomic mass is 9.79. The largest absolute Gasteiger partial charge is 0.435 e. The Morgan fingerprint density at radius 3 is 2.00 bits per heavy atom. The van der Waals surface area contributed by atoms with Gasteiger partial charge in [0.2, 0.25) is 0 Å². The second-order valence-electron chi connectivity index (χ2n) is 5.93. The number of allylic oxidation sites excluding steroid dienone is 4. The minimum Gasteiger partial charge on any atom is -0.218 e. The highest BCUT2D eigenvalue weighted by Gasteiger charge is 2.74. The summed E-state index contributed by atoms with van der Waals surface area (Å²) in [6, 6.07) is 4.95. The molecule has 1 aliphatic carbocycles. The topological polar surface area (TPSA) is 0 Å². The Bertz CT molecular complexity index is 730. The molecule has 1 atom stereocenters. The minimum absolute atomic E-state index is 0.0743. The van der Waals surface area contributed by atoms with E-state index in [9.17, 15) is 35.1 Å². The number of halogens is 9. The van der Waals surface area contributed by atoms with Gasteiger partial charge in [-0.2, -0.15) is 26.3 Å². The molecule has 1 aromatic rings. The van der Waals surface area contributed by atoms with Crippen molar-refractivity contribution in [2.45, 2.75) is 42.1 Å². The molecular weight excluding hydrogens is 436 g/mol. The van der Waals surface area contributed by atoms with Crippen LogP contribution in [0.1, 0.15) is 25.3 Å². The van der Waals surface area contributed by atoms with Gasteiger partial charge in [0.25, 0.3) is 0 Å². The van der Waals surface area contributed by atoms with Gasteiger partial charge < -0.3 is 0 Å². The fraction of sp³-hybridized carbons (Fsp3) is 0.412. The fourth-order valence-electron chi connectivity index (χ4n) is 2.83. The van der Waals surface area contributed by atoms with E-state index in [2.05, 4.69) is 15.9 Å². The SMILES string of the molecule is CCC1=CC(C(F)(C(F)(F)F)C(F)(F)F)=CC(Br)(c2ccccc2F)C1. The van der Waals surface area contributed by atoms with Crippen LogP contribution in [0.2, 0.25) is 0 Å². The molecule has 0 spiro atoms. The third kappa shape index (κ3) is 3.42. The number of rotatable bonds is 3. The van der Waals surface area contributed by atoms with Crippen LogP contribution in [0.3, 0.4) is 0 Å². The van der Waals surface area contributed by atoms with Crippen molar-refractivity contribution in [1.82, 2.24) is 0 Å². The van der Waals surface area contributed by atoms with Crippen LogP contribution < -0.4 is 0 Å². The van der Waals surface area contributed by atoms with E-state index in [0.29, 0.717) is 12.2 Å². The molecule has 0 aromatic heterocycles. The summed E-state index contributed by atoms with van der Waals surface area (Å²) in [7, 11) is 0. The first kappa shape index (κ1) is 20.9. The fourth-order valence-corrected chi connectivity index (χ4v) is 3.75. The van der Waals surface area contributed by atoms with Gasteiger partial charge in [-0.05, 0) is 18.9 Å². The zero-order valence-corrected chi connectivity index (χ0v) is 14.9. The third-order valence-corrected chi connectivity index (χ3v) is 5.12. The van der Waals surface area contributed by atoms with Crippen LogP contribution in [0.4, 0.5) is 35.1 Å². The molecule has 0 nitrogen and oxygen atoms in total. The highest BCUT2D eigenvalue weighted by Crippen LogP contribution is 2.55. The van der Waals surface area contributed by atoms with Crippen LogP contribution >= 0.6 is 15.9 Å². The maximum absolute atomic E-state index is 14.5. The molecule has 0 fully saturated rings. The van der Waals surface area contributed by atoms with Gasteiger partial charge in [-0.3, -0.25) is 0 Å². The van der Waals surface area contributed by atoms with Crippen LogP contribution in [0.15, 0.2) is 47.6 Å². The molecule has 1 unspecified atom stereocenters. The molecule has 0 amide bonds. The second kappa shape index (κ2) is 6.65. The highest BCUT2D eigenvalue weighted by atomic mass is 79.9. The van der Waals surface area contributed by atoms with Crippen LogP contribution in [0.25, 0.3) is 0 Å². The van der Waals surface area contributed by atoms with Crippen molar-refractivity contribution in [3.63, 3.8) is 0 Å². The highest BCUT2D eigenvalue weighted by molar-refractivity contribution is 9.09. The average molecular weight is 449 g/mol. The van der Waals surface area contributed by atoms with E-state index in [1.165, 1.54) is 25.1 Å². The summed E-state index contributed by atoms with van der Waals surface area (Å²) >= 11 is 3.04. The van der Waals surface area contributed by atoms with Gasteiger partial charge in [0.1, 0.15) is 5.82 Å². The van der Waals surface area contributed by atoms with Crippen molar-refractivity contribution >= 4 is 15.9 Å². The van der Waals surface area contributed by atoms with E-state index < -0.39 is 33.7 Å². The summed E-state index contributed by atoms with van der Waals surface area (Å²) in [5.74, 6) is -0.833. The van der Waals surface area contributed by atoms with Gasteiger partial charge in [-0.25, -0.2) is 8.78 Å². The molecule has 1 aromatic carbocycles. The van der Waals surface area contributed by atoms with E-state index in [4.69, 9.17) is 0 Å². The van der Waals surface area contributed by atoms with Crippen LogP contribution in [0, 0.1) is 5.82 Å². The maximum Gasteiger partial charge on any atom is 0.435 e. The third-order valence-electron chi connectivity index (χ3n) is 4.18. The number of hydrogen-bond donors (Lipinski definition) is 0. The van der Waals surface area contributed by atoms with Gasteiger partial charge >= 0.3 is 18.0 Å². The molecular formula is C17H13BrF8. The molecule has 0 saturated carbocycles. The molecule has 2 rings (SSSR count). The molecule has 0 aliphatic heterocycles. The summed E-state index contributed by atoms with van der Waals surface area (Å²) < 4.78 is 105. The lowest BCUT2D eigenvalue weighted by Crippen LogP contribution is -2.55. The molecule has 0 saturated heterocycles. The van der Waals surface area contributed by atoms with E-state index in [1.807, 2.05) is 0 Å². The number of benzene rings is 1. The summed E-state index contributed by atoms with van der Waals surface area (Å²) in [6.45, 7) is 1.50. The molecule has 1 aliphatic rings. The normalized spacial score (nSPS) is 22.1. The van der Waals surface area contributed by atoms with Gasteiger partial charge in [0.15, 0.2) is 0 Å². The van der Waals surface area contributed by atoms with Crippen LogP contribution in [-0.2, 0) is 4.32 Å². The van der Waals surface area contributed by atoms with E-state index in [-0.39, 0.29) is 24.0 Å². The monoisotopic (exact) mass is 448 g/mol. The summed E-state index contributed by atoms with van der Waals surface area (Å²) in [5.41, 5.74) is -7.23. The van der Waals surface area contributed by atoms with Gasteiger partial charge in [0, 0.05) is 11.1 Å². The Morgan fingerprint density at radius 1 is 1.00 bits per heavy atom. The van der Waals surface area contributed by atoms with Crippen molar-refractivity contribution in [1.29, 1.82) is 0 Å². The zero-order chi connectivity index (χ0) is 20.0. The van der Waals surface area contributed by atoms with Crippen molar-refractivity contribution in [3.8, 4) is 0 Å². The van der Waals surface area contributed by atoms with Crippen LogP contribution in [-0.4, -0.2) is 18.0 Å². The maximum atomic E-state index is 14.5. The van der Waals surface area contributed by atoms with E-state index in [1.54, 1.807) is 0 Å². The van der Waals surface area contributed by atoms with Gasteiger partial charge in [-0.15, -0.1) is 0 Å². The first-order chi connectivity index (χ1) is 11.8. The number of hydrogen-bond acceptors (Lipinski definition) is 0. The predicted octanol–water partition coefficient (Wildman–Crippen LogP) is 6.92. The second-order valence-corrected chi connectivity index (χ2v) is 7.34. The Hall–Kier alpha value is -1.38. The van der Waals surface area contributed by atoms with E-state index in [0.717, 1.165) is 6.07 Å². The lowest BCUT2D eigenvalue weighted by Gasteiger charge is -2.37. The Kier molecular flexibility index (Phi) is 5.35. The minimum atomic E-state index is -6.23. The van der Waals surface area contributed by atoms with Crippen molar-refractivity contribution in [3.05, 3.63) is 58.9 Å². The summed E-state index contributed by atoms with van der Waals surface area (Å²) in [6.07, 6.45) is -11.5. The standard InChI is InChI=1S/C17H13BrF8/c1-2-10-7-11(15(20,16(21,22)23)17(24,25)26)9-14(18,8-10)12-5-3-4-6-13(12)19/h3-7,9H,2,8H2,1H3. The smallest absolute Gasteiger partial charge is 0.218 e. The summed E-state index contributed by atoms with van der Waals surface area (Å²) in [4.78, 5) is 0. The molecule has 0 N–H and O–H groups in total. The molecule has 0 bridgehead atoms. The van der Waals surface area contributed by atoms with Gasteiger partial charge in [-0.1, -0.05) is 58.8 Å². The quantitative estimate of drug-likeness (QED) is 0.348.